The molecule has 80 valence electrons. The summed E-state index contributed by atoms with van der Waals surface area (Å²) in [6, 6.07) is 0. The third-order valence-electron chi connectivity index (χ3n) is 3.33. The van der Waals surface area contributed by atoms with Crippen LogP contribution in [0.4, 0.5) is 0 Å². The minimum atomic E-state index is 0.879. The van der Waals surface area contributed by atoms with Gasteiger partial charge in [-0.3, -0.25) is 0 Å². The molecule has 13 heavy (non-hydrogen) atoms. The molecule has 0 saturated heterocycles. The molecule has 0 aromatic rings. The van der Waals surface area contributed by atoms with Gasteiger partial charge in [0, 0.05) is 0 Å². The van der Waals surface area contributed by atoms with E-state index in [1.807, 2.05) is 0 Å². The van der Waals surface area contributed by atoms with Crippen molar-refractivity contribution in [1.29, 1.82) is 0 Å². The molecule has 0 saturated carbocycles. The van der Waals surface area contributed by atoms with E-state index in [-0.39, 0.29) is 0 Å². The van der Waals surface area contributed by atoms with Crippen LogP contribution >= 0.6 is 0 Å². The summed E-state index contributed by atoms with van der Waals surface area (Å²) in [5.41, 5.74) is 0. The van der Waals surface area contributed by atoms with Crippen LogP contribution in [0, 0.1) is 17.8 Å². The minimum absolute atomic E-state index is 0.879. The van der Waals surface area contributed by atoms with Crippen molar-refractivity contribution in [2.75, 3.05) is 0 Å². The molecule has 0 radical (unpaired) electrons. The van der Waals surface area contributed by atoms with Crippen LogP contribution in [0.1, 0.15) is 66.7 Å². The van der Waals surface area contributed by atoms with E-state index in [0.29, 0.717) is 0 Å². The van der Waals surface area contributed by atoms with Gasteiger partial charge >= 0.3 is 0 Å². The van der Waals surface area contributed by atoms with Crippen LogP contribution in [0.3, 0.4) is 0 Å². The fourth-order valence-corrected chi connectivity index (χ4v) is 1.88. The molecule has 0 aliphatic carbocycles. The van der Waals surface area contributed by atoms with Crippen LogP contribution < -0.4 is 0 Å². The molecule has 0 bridgehead atoms. The Morgan fingerprint density at radius 1 is 0.846 bits per heavy atom. The average Bonchev–Trinajstić information content (AvgIpc) is 2.11. The lowest BCUT2D eigenvalue weighted by atomic mass is 9.85. The van der Waals surface area contributed by atoms with Gasteiger partial charge in [-0.15, -0.1) is 0 Å². The molecule has 0 aliphatic heterocycles. The van der Waals surface area contributed by atoms with Gasteiger partial charge in [-0.05, 0) is 24.2 Å². The van der Waals surface area contributed by atoms with E-state index in [1.165, 1.54) is 32.1 Å². The molecule has 0 nitrogen and oxygen atoms in total. The Morgan fingerprint density at radius 3 is 1.85 bits per heavy atom. The highest BCUT2D eigenvalue weighted by Gasteiger charge is 2.12. The molecule has 0 amide bonds. The summed E-state index contributed by atoms with van der Waals surface area (Å²) in [7, 11) is 0. The maximum atomic E-state index is 2.38. The Bertz CT molecular complexity index is 105. The Balaban J connectivity index is 3.68. The lowest BCUT2D eigenvalue weighted by molar-refractivity contribution is 0.303. The van der Waals surface area contributed by atoms with E-state index < -0.39 is 0 Å². The number of hydrogen-bond acceptors (Lipinski definition) is 0. The van der Waals surface area contributed by atoms with E-state index in [2.05, 4.69) is 34.6 Å². The monoisotopic (exact) mass is 184 g/mol. The lowest BCUT2D eigenvalue weighted by Gasteiger charge is -2.21. The number of hydrogen-bond donors (Lipinski definition) is 0. The molecule has 0 aliphatic rings. The Morgan fingerprint density at radius 2 is 1.46 bits per heavy atom. The van der Waals surface area contributed by atoms with Crippen molar-refractivity contribution in [3.8, 4) is 0 Å². The van der Waals surface area contributed by atoms with E-state index in [0.717, 1.165) is 17.8 Å². The fourth-order valence-electron chi connectivity index (χ4n) is 1.88. The zero-order chi connectivity index (χ0) is 10.3. The van der Waals surface area contributed by atoms with Crippen molar-refractivity contribution in [1.82, 2.24) is 0 Å². The standard InChI is InChI=1S/C13H28/c1-6-8-13(11(3)4)10-9-12(5)7-2/h11-13H,6-10H2,1-5H3. The van der Waals surface area contributed by atoms with Gasteiger partial charge in [0.15, 0.2) is 0 Å². The van der Waals surface area contributed by atoms with Gasteiger partial charge in [-0.1, -0.05) is 60.3 Å². The van der Waals surface area contributed by atoms with E-state index in [1.54, 1.807) is 0 Å². The van der Waals surface area contributed by atoms with E-state index in [4.69, 9.17) is 0 Å². The average molecular weight is 184 g/mol. The second-order valence-corrected chi connectivity index (χ2v) is 4.88. The SMILES string of the molecule is CCCC(CCC(C)CC)C(C)C. The van der Waals surface area contributed by atoms with Gasteiger partial charge in [0.2, 0.25) is 0 Å². The van der Waals surface area contributed by atoms with Crippen LogP contribution in [0.25, 0.3) is 0 Å². The van der Waals surface area contributed by atoms with Gasteiger partial charge in [-0.25, -0.2) is 0 Å². The van der Waals surface area contributed by atoms with Gasteiger partial charge in [0.25, 0.3) is 0 Å². The smallest absolute Gasteiger partial charge is 0.0391 e. The van der Waals surface area contributed by atoms with Crippen molar-refractivity contribution < 1.29 is 0 Å². The lowest BCUT2D eigenvalue weighted by Crippen LogP contribution is -2.10. The first-order valence-corrected chi connectivity index (χ1v) is 6.11. The summed E-state index contributed by atoms with van der Waals surface area (Å²) in [5, 5.41) is 0. The molecule has 0 N–H and O–H groups in total. The highest BCUT2D eigenvalue weighted by molar-refractivity contribution is 4.64. The zero-order valence-corrected chi connectivity index (χ0v) is 10.3. The van der Waals surface area contributed by atoms with Crippen LogP contribution in [0.15, 0.2) is 0 Å². The largest absolute Gasteiger partial charge is 0.0654 e. The zero-order valence-electron chi connectivity index (χ0n) is 10.3. The molecule has 0 heteroatoms. The molecule has 0 spiro atoms. The summed E-state index contributed by atoms with van der Waals surface area (Å²) >= 11 is 0. The Labute approximate surface area is 85.1 Å². The van der Waals surface area contributed by atoms with E-state index >= 15 is 0 Å². The fraction of sp³-hybridized carbons (Fsp3) is 1.00. The highest BCUT2D eigenvalue weighted by atomic mass is 14.2. The van der Waals surface area contributed by atoms with Crippen molar-refractivity contribution in [2.45, 2.75) is 66.7 Å². The molecule has 0 fully saturated rings. The predicted molar refractivity (Wildman–Crippen MR) is 61.9 cm³/mol. The summed E-state index contributed by atoms with van der Waals surface area (Å²) < 4.78 is 0. The number of rotatable bonds is 7. The highest BCUT2D eigenvalue weighted by Crippen LogP contribution is 2.25. The van der Waals surface area contributed by atoms with Crippen molar-refractivity contribution >= 4 is 0 Å². The first-order chi connectivity index (χ1) is 6.11. The van der Waals surface area contributed by atoms with E-state index in [9.17, 15) is 0 Å². The van der Waals surface area contributed by atoms with Crippen molar-refractivity contribution in [3.05, 3.63) is 0 Å². The Hall–Kier alpha value is 0. The predicted octanol–water partition coefficient (Wildman–Crippen LogP) is 4.89. The molecule has 0 aromatic heterocycles. The Kier molecular flexibility index (Phi) is 7.41. The van der Waals surface area contributed by atoms with Crippen molar-refractivity contribution in [2.24, 2.45) is 17.8 Å². The molecule has 2 unspecified atom stereocenters. The summed E-state index contributed by atoms with van der Waals surface area (Å²) in [4.78, 5) is 0. The summed E-state index contributed by atoms with van der Waals surface area (Å²) in [5.74, 6) is 2.78. The quantitative estimate of drug-likeness (QED) is 0.528. The molecule has 0 heterocycles. The maximum Gasteiger partial charge on any atom is -0.0391 e. The normalized spacial score (nSPS) is 16.2. The van der Waals surface area contributed by atoms with Gasteiger partial charge in [0.05, 0.1) is 0 Å². The van der Waals surface area contributed by atoms with Crippen LogP contribution in [0.2, 0.25) is 0 Å². The third kappa shape index (κ3) is 6.12. The van der Waals surface area contributed by atoms with Gasteiger partial charge in [0.1, 0.15) is 0 Å². The molecule has 2 atom stereocenters. The second kappa shape index (κ2) is 7.41. The molecular weight excluding hydrogens is 156 g/mol. The van der Waals surface area contributed by atoms with Crippen molar-refractivity contribution in [3.63, 3.8) is 0 Å². The third-order valence-corrected chi connectivity index (χ3v) is 3.33. The molecular formula is C13H28. The summed E-state index contributed by atoms with van der Waals surface area (Å²) in [6.45, 7) is 11.7. The van der Waals surface area contributed by atoms with Gasteiger partial charge in [-0.2, -0.15) is 0 Å². The van der Waals surface area contributed by atoms with Crippen LogP contribution in [-0.2, 0) is 0 Å². The maximum absolute atomic E-state index is 2.38. The van der Waals surface area contributed by atoms with Crippen LogP contribution in [0.5, 0.6) is 0 Å². The summed E-state index contributed by atoms with van der Waals surface area (Å²) in [6.07, 6.45) is 6.99. The first kappa shape index (κ1) is 13.0. The molecule has 0 rings (SSSR count). The first-order valence-electron chi connectivity index (χ1n) is 6.11. The minimum Gasteiger partial charge on any atom is -0.0654 e. The van der Waals surface area contributed by atoms with Gasteiger partial charge < -0.3 is 0 Å². The molecule has 0 aromatic carbocycles. The second-order valence-electron chi connectivity index (χ2n) is 4.88. The van der Waals surface area contributed by atoms with Crippen LogP contribution in [-0.4, -0.2) is 0 Å². The topological polar surface area (TPSA) is 0 Å².